The van der Waals surface area contributed by atoms with Crippen molar-refractivity contribution in [2.24, 2.45) is 5.41 Å². The first-order valence-electron chi connectivity index (χ1n) is 7.35. The molecule has 1 aromatic rings. The Morgan fingerprint density at radius 3 is 2.52 bits per heavy atom. The molecule has 21 heavy (non-hydrogen) atoms. The molecule has 1 atom stereocenters. The summed E-state index contributed by atoms with van der Waals surface area (Å²) in [7, 11) is 0. The van der Waals surface area contributed by atoms with Crippen LogP contribution < -0.4 is 5.32 Å². The molecule has 0 spiro atoms. The second-order valence-electron chi connectivity index (χ2n) is 6.44. The van der Waals surface area contributed by atoms with Crippen LogP contribution in [-0.2, 0) is 17.9 Å². The quantitative estimate of drug-likeness (QED) is 0.846. The van der Waals surface area contributed by atoms with E-state index in [1.165, 1.54) is 4.90 Å². The van der Waals surface area contributed by atoms with Gasteiger partial charge in [0.2, 0.25) is 0 Å². The van der Waals surface area contributed by atoms with Crippen molar-refractivity contribution in [2.45, 2.75) is 59.2 Å². The topological polar surface area (TPSA) is 80.1 Å². The molecule has 0 bridgehead atoms. The third kappa shape index (κ3) is 1.86. The van der Waals surface area contributed by atoms with Gasteiger partial charge in [-0.15, -0.1) is 5.10 Å². The van der Waals surface area contributed by atoms with E-state index in [-0.39, 0.29) is 23.9 Å². The maximum Gasteiger partial charge on any atom is 0.325 e. The van der Waals surface area contributed by atoms with E-state index in [9.17, 15) is 9.59 Å². The van der Waals surface area contributed by atoms with Gasteiger partial charge in [-0.1, -0.05) is 12.1 Å². The van der Waals surface area contributed by atoms with Crippen LogP contribution in [0, 0.1) is 12.3 Å². The zero-order valence-corrected chi connectivity index (χ0v) is 12.9. The molecule has 0 radical (unpaired) electrons. The lowest BCUT2D eigenvalue weighted by Crippen LogP contribution is -2.50. The van der Waals surface area contributed by atoms with Gasteiger partial charge in [0.1, 0.15) is 5.54 Å². The number of nitrogens with zero attached hydrogens (tertiary/aromatic N) is 4. The normalized spacial score (nSPS) is 27.1. The molecule has 2 heterocycles. The molecule has 114 valence electrons. The van der Waals surface area contributed by atoms with E-state index in [2.05, 4.69) is 22.6 Å². The molecule has 1 aliphatic heterocycles. The first-order chi connectivity index (χ1) is 9.82. The SMILES string of the molecule is CCn1nnc(C)c1CN1C(=O)NC(C)(C2(C)CC2)C1=O. The summed E-state index contributed by atoms with van der Waals surface area (Å²) >= 11 is 0. The summed E-state index contributed by atoms with van der Waals surface area (Å²) in [5.74, 6) is -0.143. The van der Waals surface area contributed by atoms with Crippen LogP contribution in [0.25, 0.3) is 0 Å². The number of urea groups is 1. The van der Waals surface area contributed by atoms with Gasteiger partial charge in [-0.3, -0.25) is 9.69 Å². The molecule has 2 aliphatic rings. The maximum atomic E-state index is 12.8. The molecule has 0 aromatic carbocycles. The Kier molecular flexibility index (Phi) is 2.86. The lowest BCUT2D eigenvalue weighted by Gasteiger charge is -2.28. The predicted molar refractivity (Wildman–Crippen MR) is 75.3 cm³/mol. The second-order valence-corrected chi connectivity index (χ2v) is 6.44. The van der Waals surface area contributed by atoms with Crippen molar-refractivity contribution in [3.05, 3.63) is 11.4 Å². The van der Waals surface area contributed by atoms with Crippen LogP contribution in [0.1, 0.15) is 45.0 Å². The lowest BCUT2D eigenvalue weighted by molar-refractivity contribution is -0.133. The van der Waals surface area contributed by atoms with Crippen molar-refractivity contribution >= 4 is 11.9 Å². The molecule has 1 unspecified atom stereocenters. The van der Waals surface area contributed by atoms with Crippen molar-refractivity contribution in [1.82, 2.24) is 25.2 Å². The Hall–Kier alpha value is -1.92. The van der Waals surface area contributed by atoms with Gasteiger partial charge in [-0.25, -0.2) is 9.48 Å². The zero-order valence-electron chi connectivity index (χ0n) is 12.9. The van der Waals surface area contributed by atoms with Crippen molar-refractivity contribution in [2.75, 3.05) is 0 Å². The number of rotatable bonds is 4. The van der Waals surface area contributed by atoms with E-state index < -0.39 is 5.54 Å². The number of hydrogen-bond acceptors (Lipinski definition) is 4. The Bertz CT molecular complexity index is 619. The largest absolute Gasteiger partial charge is 0.325 e. The fourth-order valence-electron chi connectivity index (χ4n) is 2.96. The van der Waals surface area contributed by atoms with Crippen LogP contribution in [0.2, 0.25) is 0 Å². The van der Waals surface area contributed by atoms with Crippen molar-refractivity contribution in [3.8, 4) is 0 Å². The van der Waals surface area contributed by atoms with Gasteiger partial charge in [-0.05, 0) is 39.0 Å². The molecular weight excluding hydrogens is 270 g/mol. The van der Waals surface area contributed by atoms with E-state index in [1.807, 2.05) is 20.8 Å². The third-order valence-corrected chi connectivity index (χ3v) is 5.12. The number of aryl methyl sites for hydroxylation is 2. The fourth-order valence-corrected chi connectivity index (χ4v) is 2.96. The molecule has 1 N–H and O–H groups in total. The Morgan fingerprint density at radius 2 is 1.95 bits per heavy atom. The maximum absolute atomic E-state index is 12.8. The number of amides is 3. The van der Waals surface area contributed by atoms with Crippen LogP contribution >= 0.6 is 0 Å². The van der Waals surface area contributed by atoms with E-state index in [4.69, 9.17) is 0 Å². The van der Waals surface area contributed by atoms with Gasteiger partial charge < -0.3 is 5.32 Å². The van der Waals surface area contributed by atoms with E-state index in [0.717, 1.165) is 24.2 Å². The molecule has 1 saturated heterocycles. The van der Waals surface area contributed by atoms with Crippen LogP contribution in [-0.4, -0.2) is 37.4 Å². The highest BCUT2D eigenvalue weighted by molar-refractivity contribution is 6.07. The van der Waals surface area contributed by atoms with E-state index in [0.29, 0.717) is 6.54 Å². The van der Waals surface area contributed by atoms with Crippen LogP contribution in [0.5, 0.6) is 0 Å². The summed E-state index contributed by atoms with van der Waals surface area (Å²) < 4.78 is 1.73. The van der Waals surface area contributed by atoms with Crippen molar-refractivity contribution in [3.63, 3.8) is 0 Å². The summed E-state index contributed by atoms with van der Waals surface area (Å²) in [6.45, 7) is 8.57. The van der Waals surface area contributed by atoms with Gasteiger partial charge in [0.05, 0.1) is 17.9 Å². The first kappa shape index (κ1) is 14.0. The average molecular weight is 291 g/mol. The average Bonchev–Trinajstić information content (AvgIpc) is 3.04. The van der Waals surface area contributed by atoms with Gasteiger partial charge in [0, 0.05) is 6.54 Å². The number of nitrogens with one attached hydrogen (secondary N) is 1. The van der Waals surface area contributed by atoms with Crippen LogP contribution in [0.4, 0.5) is 4.79 Å². The Morgan fingerprint density at radius 1 is 1.29 bits per heavy atom. The minimum atomic E-state index is -0.789. The highest BCUT2D eigenvalue weighted by Gasteiger charge is 2.63. The van der Waals surface area contributed by atoms with Crippen molar-refractivity contribution < 1.29 is 9.59 Å². The van der Waals surface area contributed by atoms with Gasteiger partial charge in [-0.2, -0.15) is 0 Å². The summed E-state index contributed by atoms with van der Waals surface area (Å²) in [6.07, 6.45) is 1.94. The van der Waals surface area contributed by atoms with Gasteiger partial charge in [0.15, 0.2) is 0 Å². The summed E-state index contributed by atoms with van der Waals surface area (Å²) in [6, 6.07) is -0.320. The zero-order chi connectivity index (χ0) is 15.4. The molecule has 7 nitrogen and oxygen atoms in total. The molecular formula is C14H21N5O2. The number of carbonyl (C=O) groups is 2. The second kappa shape index (κ2) is 4.29. The summed E-state index contributed by atoms with van der Waals surface area (Å²) in [5, 5.41) is 10.9. The highest BCUT2D eigenvalue weighted by atomic mass is 16.2. The fraction of sp³-hybridized carbons (Fsp3) is 0.714. The molecule has 1 saturated carbocycles. The van der Waals surface area contributed by atoms with Crippen molar-refractivity contribution in [1.29, 1.82) is 0 Å². The standard InChI is InChI=1S/C14H21N5O2/c1-5-19-10(9(2)16-17-19)8-18-11(20)14(4,15-12(18)21)13(3)6-7-13/h5-8H2,1-4H3,(H,15,21). The first-order valence-corrected chi connectivity index (χ1v) is 7.35. The summed E-state index contributed by atoms with van der Waals surface area (Å²) in [5.41, 5.74) is 0.657. The molecule has 3 amide bonds. The number of imide groups is 1. The molecule has 2 fully saturated rings. The monoisotopic (exact) mass is 291 g/mol. The number of aromatic nitrogens is 3. The van der Waals surface area contributed by atoms with Gasteiger partial charge >= 0.3 is 6.03 Å². The van der Waals surface area contributed by atoms with E-state index >= 15 is 0 Å². The minimum Gasteiger partial charge on any atom is -0.323 e. The lowest BCUT2D eigenvalue weighted by atomic mass is 9.84. The molecule has 7 heteroatoms. The minimum absolute atomic E-state index is 0.118. The Labute approximate surface area is 123 Å². The van der Waals surface area contributed by atoms with Crippen LogP contribution in [0.15, 0.2) is 0 Å². The van der Waals surface area contributed by atoms with Crippen LogP contribution in [0.3, 0.4) is 0 Å². The predicted octanol–water partition coefficient (Wildman–Crippen LogP) is 1.22. The molecule has 3 rings (SSSR count). The summed E-state index contributed by atoms with van der Waals surface area (Å²) in [4.78, 5) is 26.3. The molecule has 1 aliphatic carbocycles. The van der Waals surface area contributed by atoms with E-state index in [1.54, 1.807) is 4.68 Å². The number of hydrogen-bond donors (Lipinski definition) is 1. The number of carbonyl (C=O) groups excluding carboxylic acids is 2. The smallest absolute Gasteiger partial charge is 0.323 e. The Balaban J connectivity index is 1.88. The third-order valence-electron chi connectivity index (χ3n) is 5.12. The van der Waals surface area contributed by atoms with Gasteiger partial charge in [0.25, 0.3) is 5.91 Å². The highest BCUT2D eigenvalue weighted by Crippen LogP contribution is 2.55. The molecule has 1 aromatic heterocycles.